The zero-order valence-electron chi connectivity index (χ0n) is 16.6. The molecular formula is C22H24F2N4OS. The van der Waals surface area contributed by atoms with Crippen LogP contribution in [0.15, 0.2) is 53.4 Å². The zero-order valence-corrected chi connectivity index (χ0v) is 17.4. The molecule has 158 valence electrons. The molecule has 5 nitrogen and oxygen atoms in total. The van der Waals surface area contributed by atoms with Crippen LogP contribution in [-0.4, -0.2) is 54.2 Å². The third kappa shape index (κ3) is 7.10. The molecule has 2 aromatic carbocycles. The van der Waals surface area contributed by atoms with Crippen LogP contribution in [0, 0.1) is 11.3 Å². The van der Waals surface area contributed by atoms with Gasteiger partial charge >= 0.3 is 0 Å². The van der Waals surface area contributed by atoms with E-state index in [0.29, 0.717) is 34.5 Å². The van der Waals surface area contributed by atoms with E-state index in [2.05, 4.69) is 21.2 Å². The second-order valence-electron chi connectivity index (χ2n) is 7.17. The summed E-state index contributed by atoms with van der Waals surface area (Å²) in [6, 6.07) is 16.2. The summed E-state index contributed by atoms with van der Waals surface area (Å²) in [5, 5.41) is 11.7. The summed E-state index contributed by atoms with van der Waals surface area (Å²) in [6.07, 6.45) is 0.975. The number of rotatable bonds is 7. The Hall–Kier alpha value is -2.47. The molecule has 0 radical (unpaired) electrons. The summed E-state index contributed by atoms with van der Waals surface area (Å²) in [7, 11) is 0. The molecule has 0 unspecified atom stereocenters. The Bertz CT molecular complexity index is 868. The Morgan fingerprint density at radius 3 is 2.37 bits per heavy atom. The maximum atomic E-state index is 12.4. The summed E-state index contributed by atoms with van der Waals surface area (Å²) in [5.74, 6) is -2.56. The van der Waals surface area contributed by atoms with Gasteiger partial charge in [-0.15, -0.1) is 0 Å². The van der Waals surface area contributed by atoms with Crippen LogP contribution in [0.1, 0.15) is 17.5 Å². The minimum absolute atomic E-state index is 0.107. The van der Waals surface area contributed by atoms with Crippen LogP contribution < -0.4 is 5.32 Å². The predicted octanol–water partition coefficient (Wildman–Crippen LogP) is 4.02. The topological polar surface area (TPSA) is 59.4 Å². The van der Waals surface area contributed by atoms with Gasteiger partial charge in [0.15, 0.2) is 0 Å². The van der Waals surface area contributed by atoms with Gasteiger partial charge in [-0.25, -0.2) is 0 Å². The van der Waals surface area contributed by atoms with E-state index >= 15 is 0 Å². The van der Waals surface area contributed by atoms with Crippen LogP contribution in [0.25, 0.3) is 0 Å². The van der Waals surface area contributed by atoms with E-state index in [0.717, 1.165) is 39.1 Å². The normalized spacial score (nSPS) is 15.5. The highest BCUT2D eigenvalue weighted by atomic mass is 32.2. The Morgan fingerprint density at radius 1 is 1.03 bits per heavy atom. The molecule has 1 fully saturated rings. The van der Waals surface area contributed by atoms with Crippen LogP contribution in [0.5, 0.6) is 0 Å². The van der Waals surface area contributed by atoms with Crippen molar-refractivity contribution in [3.8, 4) is 6.07 Å². The first-order chi connectivity index (χ1) is 14.5. The monoisotopic (exact) mass is 430 g/mol. The standard InChI is InChI=1S/C22H24F2N4OS/c23-22(24)30-20-8-6-19(7-9-20)26-21(29)16-28-11-1-10-27(12-13-28)15-18-4-2-17(14-25)3-5-18/h2-9,22H,1,10-13,15-16H2,(H,26,29). The van der Waals surface area contributed by atoms with E-state index in [-0.39, 0.29) is 5.91 Å². The molecule has 1 saturated heterocycles. The number of thioether (sulfide) groups is 1. The van der Waals surface area contributed by atoms with Crippen LogP contribution in [0.3, 0.4) is 0 Å². The number of halogens is 2. The molecular weight excluding hydrogens is 406 g/mol. The lowest BCUT2D eigenvalue weighted by Crippen LogP contribution is -2.36. The first-order valence-electron chi connectivity index (χ1n) is 9.80. The molecule has 1 amide bonds. The largest absolute Gasteiger partial charge is 0.325 e. The Labute approximate surface area is 179 Å². The quantitative estimate of drug-likeness (QED) is 0.673. The van der Waals surface area contributed by atoms with Crippen LogP contribution >= 0.6 is 11.8 Å². The third-order valence-electron chi connectivity index (χ3n) is 4.90. The molecule has 0 aromatic heterocycles. The number of alkyl halides is 2. The number of nitrogens with zero attached hydrogens (tertiary/aromatic N) is 3. The first-order valence-corrected chi connectivity index (χ1v) is 10.7. The summed E-state index contributed by atoms with van der Waals surface area (Å²) in [6.45, 7) is 4.61. The number of carbonyl (C=O) groups is 1. The maximum absolute atomic E-state index is 12.4. The molecule has 3 rings (SSSR count). The highest BCUT2D eigenvalue weighted by Crippen LogP contribution is 2.26. The van der Waals surface area contributed by atoms with Gasteiger partial charge in [0.2, 0.25) is 5.91 Å². The fourth-order valence-corrected chi connectivity index (χ4v) is 3.91. The molecule has 1 aliphatic rings. The highest BCUT2D eigenvalue weighted by molar-refractivity contribution is 7.99. The predicted molar refractivity (Wildman–Crippen MR) is 114 cm³/mol. The van der Waals surface area contributed by atoms with Crippen molar-refractivity contribution in [2.24, 2.45) is 0 Å². The Kier molecular flexibility index (Phi) is 8.20. The molecule has 1 aliphatic heterocycles. The van der Waals surface area contributed by atoms with Gasteiger partial charge in [0.25, 0.3) is 5.76 Å². The average molecular weight is 431 g/mol. The van der Waals surface area contributed by atoms with Crippen molar-refractivity contribution in [1.29, 1.82) is 5.26 Å². The van der Waals surface area contributed by atoms with Crippen LogP contribution in [0.4, 0.5) is 14.5 Å². The molecule has 0 bridgehead atoms. The molecule has 30 heavy (non-hydrogen) atoms. The number of anilines is 1. The lowest BCUT2D eigenvalue weighted by Gasteiger charge is -2.21. The lowest BCUT2D eigenvalue weighted by molar-refractivity contribution is -0.117. The average Bonchev–Trinajstić information content (AvgIpc) is 2.94. The molecule has 2 aromatic rings. The summed E-state index contributed by atoms with van der Waals surface area (Å²) in [4.78, 5) is 17.3. The number of amides is 1. The summed E-state index contributed by atoms with van der Waals surface area (Å²) < 4.78 is 24.8. The fourth-order valence-electron chi connectivity index (χ4n) is 3.41. The number of hydrogen-bond donors (Lipinski definition) is 1. The van der Waals surface area contributed by atoms with Crippen molar-refractivity contribution in [2.75, 3.05) is 38.0 Å². The van der Waals surface area contributed by atoms with Crippen LogP contribution in [-0.2, 0) is 11.3 Å². The van der Waals surface area contributed by atoms with E-state index in [1.807, 2.05) is 24.3 Å². The SMILES string of the molecule is N#Cc1ccc(CN2CCCN(CC(=O)Nc3ccc(SC(F)F)cc3)CC2)cc1. The van der Waals surface area contributed by atoms with E-state index < -0.39 is 5.76 Å². The second-order valence-corrected chi connectivity index (χ2v) is 8.23. The van der Waals surface area contributed by atoms with E-state index in [1.54, 1.807) is 24.3 Å². The second kappa shape index (κ2) is 11.1. The van der Waals surface area contributed by atoms with E-state index in [9.17, 15) is 13.6 Å². The van der Waals surface area contributed by atoms with Gasteiger partial charge in [-0.05, 0) is 61.5 Å². The zero-order chi connectivity index (χ0) is 21.3. The molecule has 0 saturated carbocycles. The third-order valence-corrected chi connectivity index (χ3v) is 5.62. The Balaban J connectivity index is 1.44. The van der Waals surface area contributed by atoms with Crippen molar-refractivity contribution < 1.29 is 13.6 Å². The highest BCUT2D eigenvalue weighted by Gasteiger charge is 2.17. The smallest absolute Gasteiger partial charge is 0.288 e. The maximum Gasteiger partial charge on any atom is 0.288 e. The number of benzene rings is 2. The molecule has 0 spiro atoms. The van der Waals surface area contributed by atoms with E-state index in [1.165, 1.54) is 5.56 Å². The van der Waals surface area contributed by atoms with Crippen molar-refractivity contribution in [1.82, 2.24) is 9.80 Å². The first kappa shape index (κ1) is 22.2. The molecule has 0 aliphatic carbocycles. The molecule has 8 heteroatoms. The van der Waals surface area contributed by atoms with Gasteiger partial charge in [0.1, 0.15) is 0 Å². The van der Waals surface area contributed by atoms with Crippen molar-refractivity contribution in [2.45, 2.75) is 23.6 Å². The minimum Gasteiger partial charge on any atom is -0.325 e. The van der Waals surface area contributed by atoms with Gasteiger partial charge in [-0.2, -0.15) is 14.0 Å². The number of nitrogens with one attached hydrogen (secondary N) is 1. The van der Waals surface area contributed by atoms with Gasteiger partial charge < -0.3 is 5.32 Å². The van der Waals surface area contributed by atoms with Gasteiger partial charge in [-0.3, -0.25) is 14.6 Å². The lowest BCUT2D eigenvalue weighted by atomic mass is 10.1. The molecule has 1 N–H and O–H groups in total. The number of nitriles is 1. The molecule has 1 heterocycles. The number of carbonyl (C=O) groups excluding carboxylic acids is 1. The summed E-state index contributed by atoms with van der Waals surface area (Å²) in [5.41, 5.74) is 2.44. The van der Waals surface area contributed by atoms with Gasteiger partial charge in [0.05, 0.1) is 18.2 Å². The van der Waals surface area contributed by atoms with Crippen molar-refractivity contribution >= 4 is 23.4 Å². The van der Waals surface area contributed by atoms with Crippen LogP contribution in [0.2, 0.25) is 0 Å². The Morgan fingerprint density at radius 2 is 1.70 bits per heavy atom. The number of hydrogen-bond acceptors (Lipinski definition) is 5. The fraction of sp³-hybridized carbons (Fsp3) is 0.364. The van der Waals surface area contributed by atoms with Gasteiger partial charge in [0, 0.05) is 30.2 Å². The summed E-state index contributed by atoms with van der Waals surface area (Å²) >= 11 is 0.486. The minimum atomic E-state index is -2.45. The van der Waals surface area contributed by atoms with Crippen molar-refractivity contribution in [3.05, 3.63) is 59.7 Å². The van der Waals surface area contributed by atoms with E-state index in [4.69, 9.17) is 5.26 Å². The molecule has 0 atom stereocenters. The van der Waals surface area contributed by atoms with Gasteiger partial charge in [-0.1, -0.05) is 23.9 Å². The van der Waals surface area contributed by atoms with Crippen molar-refractivity contribution in [3.63, 3.8) is 0 Å².